The molecule has 0 aromatic heterocycles. The van der Waals surface area contributed by atoms with E-state index in [1.807, 2.05) is 24.3 Å². The van der Waals surface area contributed by atoms with Gasteiger partial charge in [-0.25, -0.2) is 0 Å². The number of halogens is 1. The molecule has 0 spiro atoms. The van der Waals surface area contributed by atoms with Gasteiger partial charge in [0.1, 0.15) is 0 Å². The standard InChI is InChI=1S/C16H14BrNO/c17-14-6-3-5-12(9-14)16(19)18-10-13-8-11-4-1-2-7-15(11)13/h1-7,9,13H,8,10H2,(H,18,19). The van der Waals surface area contributed by atoms with E-state index in [-0.39, 0.29) is 5.91 Å². The number of carbonyl (C=O) groups is 1. The predicted molar refractivity (Wildman–Crippen MR) is 79.4 cm³/mol. The van der Waals surface area contributed by atoms with Gasteiger partial charge in [-0.05, 0) is 35.7 Å². The monoisotopic (exact) mass is 315 g/mol. The van der Waals surface area contributed by atoms with Crippen molar-refractivity contribution in [2.75, 3.05) is 6.54 Å². The lowest BCUT2D eigenvalue weighted by molar-refractivity contribution is 0.0950. The average Bonchev–Trinajstić information content (AvgIpc) is 2.39. The molecule has 0 saturated carbocycles. The molecule has 2 nitrogen and oxygen atoms in total. The zero-order valence-electron chi connectivity index (χ0n) is 10.4. The second-order valence-corrected chi connectivity index (χ2v) is 5.74. The highest BCUT2D eigenvalue weighted by Gasteiger charge is 2.25. The molecule has 3 heteroatoms. The smallest absolute Gasteiger partial charge is 0.251 e. The molecule has 1 N–H and O–H groups in total. The lowest BCUT2D eigenvalue weighted by atomic mass is 9.77. The van der Waals surface area contributed by atoms with Crippen LogP contribution in [0.5, 0.6) is 0 Å². The fourth-order valence-electron chi connectivity index (χ4n) is 2.49. The molecule has 0 saturated heterocycles. The lowest BCUT2D eigenvalue weighted by Gasteiger charge is -2.30. The Kier molecular flexibility index (Phi) is 3.38. The first-order valence-corrected chi connectivity index (χ1v) is 7.15. The van der Waals surface area contributed by atoms with Crippen molar-refractivity contribution in [2.24, 2.45) is 0 Å². The van der Waals surface area contributed by atoms with E-state index in [0.29, 0.717) is 18.0 Å². The number of rotatable bonds is 3. The first kappa shape index (κ1) is 12.4. The molecule has 0 radical (unpaired) electrons. The molecule has 1 unspecified atom stereocenters. The summed E-state index contributed by atoms with van der Waals surface area (Å²) in [5, 5.41) is 3.01. The quantitative estimate of drug-likeness (QED) is 0.922. The van der Waals surface area contributed by atoms with Gasteiger partial charge in [0.05, 0.1) is 0 Å². The molecule has 2 aromatic carbocycles. The molecule has 1 amide bonds. The Balaban J connectivity index is 1.61. The van der Waals surface area contributed by atoms with Gasteiger partial charge in [-0.2, -0.15) is 0 Å². The van der Waals surface area contributed by atoms with Gasteiger partial charge in [0.25, 0.3) is 5.91 Å². The van der Waals surface area contributed by atoms with Crippen LogP contribution in [0, 0.1) is 0 Å². The minimum atomic E-state index is -0.00863. The minimum absolute atomic E-state index is 0.00863. The predicted octanol–water partition coefficient (Wildman–Crippen LogP) is 3.52. The Hall–Kier alpha value is -1.61. The number of hydrogen-bond donors (Lipinski definition) is 1. The van der Waals surface area contributed by atoms with E-state index in [4.69, 9.17) is 0 Å². The Morgan fingerprint density at radius 2 is 2.05 bits per heavy atom. The third-order valence-electron chi connectivity index (χ3n) is 3.56. The SMILES string of the molecule is O=C(NCC1Cc2ccccc21)c1cccc(Br)c1. The lowest BCUT2D eigenvalue weighted by Crippen LogP contribution is -2.33. The molecule has 0 fully saturated rings. The zero-order chi connectivity index (χ0) is 13.2. The van der Waals surface area contributed by atoms with Gasteiger partial charge >= 0.3 is 0 Å². The Labute approximate surface area is 121 Å². The summed E-state index contributed by atoms with van der Waals surface area (Å²) in [6.07, 6.45) is 1.06. The summed E-state index contributed by atoms with van der Waals surface area (Å²) in [5.41, 5.74) is 3.48. The van der Waals surface area contributed by atoms with E-state index in [2.05, 4.69) is 45.5 Å². The van der Waals surface area contributed by atoms with Gasteiger partial charge in [0.15, 0.2) is 0 Å². The molecule has 0 aliphatic heterocycles. The van der Waals surface area contributed by atoms with Gasteiger partial charge in [-0.15, -0.1) is 0 Å². The zero-order valence-corrected chi connectivity index (χ0v) is 12.0. The first-order chi connectivity index (χ1) is 9.24. The number of amides is 1. The minimum Gasteiger partial charge on any atom is -0.351 e. The van der Waals surface area contributed by atoms with Crippen LogP contribution in [0.1, 0.15) is 27.4 Å². The molecule has 1 atom stereocenters. The van der Waals surface area contributed by atoms with Crippen LogP contribution < -0.4 is 5.32 Å². The number of nitrogens with one attached hydrogen (secondary N) is 1. The topological polar surface area (TPSA) is 29.1 Å². The highest BCUT2D eigenvalue weighted by atomic mass is 79.9. The van der Waals surface area contributed by atoms with Crippen molar-refractivity contribution < 1.29 is 4.79 Å². The summed E-state index contributed by atoms with van der Waals surface area (Å²) in [6.45, 7) is 0.711. The van der Waals surface area contributed by atoms with Crippen LogP contribution in [0.15, 0.2) is 53.0 Å². The van der Waals surface area contributed by atoms with E-state index < -0.39 is 0 Å². The molecular weight excluding hydrogens is 302 g/mol. The van der Waals surface area contributed by atoms with E-state index in [1.165, 1.54) is 11.1 Å². The molecule has 0 bridgehead atoms. The average molecular weight is 316 g/mol. The van der Waals surface area contributed by atoms with Crippen LogP contribution in [0.25, 0.3) is 0 Å². The molecule has 96 valence electrons. The van der Waals surface area contributed by atoms with Crippen molar-refractivity contribution in [3.63, 3.8) is 0 Å². The molecule has 19 heavy (non-hydrogen) atoms. The van der Waals surface area contributed by atoms with E-state index in [1.54, 1.807) is 0 Å². The fourth-order valence-corrected chi connectivity index (χ4v) is 2.89. The maximum absolute atomic E-state index is 12.0. The van der Waals surface area contributed by atoms with Crippen molar-refractivity contribution in [1.29, 1.82) is 0 Å². The maximum Gasteiger partial charge on any atom is 0.251 e. The second kappa shape index (κ2) is 5.17. The summed E-state index contributed by atoms with van der Waals surface area (Å²) in [6, 6.07) is 15.9. The molecule has 1 aliphatic rings. The van der Waals surface area contributed by atoms with Crippen LogP contribution in [0.3, 0.4) is 0 Å². The summed E-state index contributed by atoms with van der Waals surface area (Å²) in [7, 11) is 0. The van der Waals surface area contributed by atoms with Crippen LogP contribution in [-0.4, -0.2) is 12.5 Å². The highest BCUT2D eigenvalue weighted by molar-refractivity contribution is 9.10. The first-order valence-electron chi connectivity index (χ1n) is 6.35. The largest absolute Gasteiger partial charge is 0.351 e. The third kappa shape index (κ3) is 2.56. The normalized spacial score (nSPS) is 16.4. The Morgan fingerprint density at radius 1 is 1.21 bits per heavy atom. The van der Waals surface area contributed by atoms with Gasteiger partial charge in [0.2, 0.25) is 0 Å². The van der Waals surface area contributed by atoms with Crippen LogP contribution in [-0.2, 0) is 6.42 Å². The molecule has 0 heterocycles. The molecule has 3 rings (SSSR count). The van der Waals surface area contributed by atoms with Crippen LogP contribution in [0.4, 0.5) is 0 Å². The summed E-state index contributed by atoms with van der Waals surface area (Å²) < 4.78 is 0.925. The van der Waals surface area contributed by atoms with Crippen LogP contribution in [0.2, 0.25) is 0 Å². The highest BCUT2D eigenvalue weighted by Crippen LogP contribution is 2.34. The van der Waals surface area contributed by atoms with E-state index in [9.17, 15) is 4.79 Å². The second-order valence-electron chi connectivity index (χ2n) is 4.82. The summed E-state index contributed by atoms with van der Waals surface area (Å²) in [5.74, 6) is 0.456. The van der Waals surface area contributed by atoms with Gasteiger partial charge < -0.3 is 5.32 Å². The van der Waals surface area contributed by atoms with Crippen molar-refractivity contribution >= 4 is 21.8 Å². The van der Waals surface area contributed by atoms with Crippen molar-refractivity contribution in [1.82, 2.24) is 5.32 Å². The van der Waals surface area contributed by atoms with E-state index >= 15 is 0 Å². The van der Waals surface area contributed by atoms with E-state index in [0.717, 1.165) is 10.9 Å². The van der Waals surface area contributed by atoms with Crippen molar-refractivity contribution in [2.45, 2.75) is 12.3 Å². The molecule has 2 aromatic rings. The molecular formula is C16H14BrNO. The third-order valence-corrected chi connectivity index (χ3v) is 4.05. The van der Waals surface area contributed by atoms with Gasteiger partial charge in [-0.1, -0.05) is 46.3 Å². The Bertz CT molecular complexity index is 624. The maximum atomic E-state index is 12.0. The fraction of sp³-hybridized carbons (Fsp3) is 0.188. The number of benzene rings is 2. The number of hydrogen-bond acceptors (Lipinski definition) is 1. The molecule has 1 aliphatic carbocycles. The van der Waals surface area contributed by atoms with Crippen molar-refractivity contribution in [3.05, 3.63) is 69.7 Å². The number of carbonyl (C=O) groups excluding carboxylic acids is 1. The van der Waals surface area contributed by atoms with Gasteiger partial charge in [0, 0.05) is 22.5 Å². The summed E-state index contributed by atoms with van der Waals surface area (Å²) >= 11 is 3.38. The number of fused-ring (bicyclic) bond motifs is 1. The van der Waals surface area contributed by atoms with Crippen molar-refractivity contribution in [3.8, 4) is 0 Å². The van der Waals surface area contributed by atoms with Crippen LogP contribution >= 0.6 is 15.9 Å². The summed E-state index contributed by atoms with van der Waals surface area (Å²) in [4.78, 5) is 12.0. The van der Waals surface area contributed by atoms with Gasteiger partial charge in [-0.3, -0.25) is 4.79 Å². The Morgan fingerprint density at radius 3 is 2.84 bits per heavy atom.